The molecular weight excluding hydrogens is 333 g/mol. The Labute approximate surface area is 157 Å². The third kappa shape index (κ3) is 7.15. The normalized spacial score (nSPS) is 11.8. The highest BCUT2D eigenvalue weighted by atomic mass is 32.2. The van der Waals surface area contributed by atoms with Gasteiger partial charge in [0.1, 0.15) is 6.61 Å². The molecule has 0 radical (unpaired) electrons. The Bertz CT molecular complexity index is 610. The smallest absolute Gasteiger partial charge is 0.165 e. The summed E-state index contributed by atoms with van der Waals surface area (Å²) in [6.07, 6.45) is 2.24. The van der Waals surface area contributed by atoms with E-state index in [1.54, 1.807) is 23.9 Å². The van der Waals surface area contributed by atoms with Gasteiger partial charge in [-0.1, -0.05) is 51.1 Å². The van der Waals surface area contributed by atoms with Crippen LogP contribution in [0.25, 0.3) is 0 Å². The average Bonchev–Trinajstić information content (AvgIpc) is 2.56. The molecule has 4 heteroatoms. The van der Waals surface area contributed by atoms with E-state index >= 15 is 0 Å². The Hall–Kier alpha value is -1.42. The zero-order chi connectivity index (χ0) is 19.0. The second-order valence-electron chi connectivity index (χ2n) is 6.81. The van der Waals surface area contributed by atoms with Crippen molar-refractivity contribution in [1.29, 1.82) is 0 Å². The van der Waals surface area contributed by atoms with E-state index in [-0.39, 0.29) is 11.6 Å². The quantitative estimate of drug-likeness (QED) is 0.466. The van der Waals surface area contributed by atoms with Crippen LogP contribution in [-0.2, 0) is 0 Å². The van der Waals surface area contributed by atoms with E-state index in [0.29, 0.717) is 12.5 Å². The number of hydrogen-bond donors (Lipinski definition) is 0. The van der Waals surface area contributed by atoms with E-state index in [2.05, 4.69) is 44.6 Å². The Kier molecular flexibility index (Phi) is 9.12. The highest BCUT2D eigenvalue weighted by molar-refractivity contribution is 8.05. The molecule has 0 aliphatic rings. The highest BCUT2D eigenvalue weighted by Crippen LogP contribution is 2.29. The lowest BCUT2D eigenvalue weighted by Gasteiger charge is -2.22. The van der Waals surface area contributed by atoms with Gasteiger partial charge in [0.05, 0.1) is 0 Å². The molecule has 0 amide bonds. The van der Waals surface area contributed by atoms with Crippen LogP contribution in [0, 0.1) is 18.7 Å². The molecule has 0 saturated carbocycles. The Morgan fingerprint density at radius 3 is 2.68 bits per heavy atom. The SMILES string of the molecule is C=C(COc1cc(N(C)CCCC)c(C)cc1F)S/C=C(\C)C(C)C. The van der Waals surface area contributed by atoms with Gasteiger partial charge in [-0.3, -0.25) is 0 Å². The van der Waals surface area contributed by atoms with Gasteiger partial charge in [-0.25, -0.2) is 4.39 Å². The van der Waals surface area contributed by atoms with Gasteiger partial charge >= 0.3 is 0 Å². The molecule has 0 heterocycles. The van der Waals surface area contributed by atoms with E-state index in [4.69, 9.17) is 4.74 Å². The van der Waals surface area contributed by atoms with E-state index in [1.807, 2.05) is 14.0 Å². The van der Waals surface area contributed by atoms with Gasteiger partial charge in [-0.2, -0.15) is 0 Å². The van der Waals surface area contributed by atoms with Crippen molar-refractivity contribution in [1.82, 2.24) is 0 Å². The van der Waals surface area contributed by atoms with Crippen molar-refractivity contribution in [3.05, 3.63) is 46.0 Å². The number of hydrogen-bond acceptors (Lipinski definition) is 3. The fourth-order valence-electron chi connectivity index (χ4n) is 2.18. The Morgan fingerprint density at radius 2 is 2.08 bits per heavy atom. The van der Waals surface area contributed by atoms with Crippen LogP contribution in [0.2, 0.25) is 0 Å². The average molecular weight is 366 g/mol. The zero-order valence-electron chi connectivity index (χ0n) is 16.5. The van der Waals surface area contributed by atoms with E-state index in [0.717, 1.165) is 35.5 Å². The summed E-state index contributed by atoms with van der Waals surface area (Å²) in [4.78, 5) is 3.02. The largest absolute Gasteiger partial charge is 0.485 e. The number of thioether (sulfide) groups is 1. The van der Waals surface area contributed by atoms with E-state index in [1.165, 1.54) is 5.57 Å². The molecule has 25 heavy (non-hydrogen) atoms. The summed E-state index contributed by atoms with van der Waals surface area (Å²) in [6.45, 7) is 15.8. The van der Waals surface area contributed by atoms with Crippen LogP contribution in [0.3, 0.4) is 0 Å². The van der Waals surface area contributed by atoms with Crippen LogP contribution in [0.4, 0.5) is 10.1 Å². The molecule has 0 aliphatic carbocycles. The van der Waals surface area contributed by atoms with Crippen LogP contribution in [-0.4, -0.2) is 20.2 Å². The number of halogens is 1. The molecule has 0 spiro atoms. The van der Waals surface area contributed by atoms with Gasteiger partial charge < -0.3 is 9.64 Å². The topological polar surface area (TPSA) is 12.5 Å². The van der Waals surface area contributed by atoms with Crippen LogP contribution in [0.15, 0.2) is 34.6 Å². The van der Waals surface area contributed by atoms with Crippen LogP contribution >= 0.6 is 11.8 Å². The van der Waals surface area contributed by atoms with E-state index < -0.39 is 0 Å². The summed E-state index contributed by atoms with van der Waals surface area (Å²) in [5.41, 5.74) is 3.23. The molecule has 1 aromatic carbocycles. The van der Waals surface area contributed by atoms with E-state index in [9.17, 15) is 4.39 Å². The van der Waals surface area contributed by atoms with Crippen LogP contribution in [0.1, 0.15) is 46.1 Å². The van der Waals surface area contributed by atoms with Crippen molar-refractivity contribution < 1.29 is 9.13 Å². The number of nitrogens with zero attached hydrogens (tertiary/aromatic N) is 1. The third-order valence-corrected chi connectivity index (χ3v) is 5.16. The second kappa shape index (κ2) is 10.5. The predicted octanol–water partition coefficient (Wildman–Crippen LogP) is 6.56. The minimum atomic E-state index is -0.322. The van der Waals surface area contributed by atoms with Crippen LogP contribution in [0.5, 0.6) is 5.75 Å². The van der Waals surface area contributed by atoms with Crippen molar-refractivity contribution in [2.75, 3.05) is 25.1 Å². The molecule has 0 fully saturated rings. The molecule has 0 saturated heterocycles. The maximum absolute atomic E-state index is 14.2. The summed E-state index contributed by atoms with van der Waals surface area (Å²) in [5.74, 6) is 0.476. The third-order valence-electron chi connectivity index (χ3n) is 4.22. The number of aryl methyl sites for hydroxylation is 1. The fourth-order valence-corrected chi connectivity index (χ4v) is 2.94. The molecular formula is C21H32FNOS. The van der Waals surface area contributed by atoms with Gasteiger partial charge in [0, 0.05) is 30.3 Å². The van der Waals surface area contributed by atoms with Crippen molar-refractivity contribution in [3.63, 3.8) is 0 Å². The summed E-state index contributed by atoms with van der Waals surface area (Å²) in [5, 5.41) is 2.09. The standard InChI is InChI=1S/C21H32FNOS/c1-8-9-10-23(7)20-12-21(19(22)11-16(20)4)24-13-18(6)25-14-17(5)15(2)3/h11-12,14-15H,6,8-10,13H2,1-5,7H3/b17-14+. The number of anilines is 1. The first-order valence-electron chi connectivity index (χ1n) is 8.91. The number of allylic oxidation sites excluding steroid dienone is 1. The summed E-state index contributed by atoms with van der Waals surface area (Å²) in [6, 6.07) is 3.35. The molecule has 0 aliphatic heterocycles. The summed E-state index contributed by atoms with van der Waals surface area (Å²) in [7, 11) is 2.04. The van der Waals surface area contributed by atoms with Crippen LogP contribution < -0.4 is 9.64 Å². The summed E-state index contributed by atoms with van der Waals surface area (Å²) >= 11 is 1.55. The summed E-state index contributed by atoms with van der Waals surface area (Å²) < 4.78 is 19.9. The van der Waals surface area contributed by atoms with Crippen molar-refractivity contribution in [2.24, 2.45) is 5.92 Å². The molecule has 2 nitrogen and oxygen atoms in total. The highest BCUT2D eigenvalue weighted by Gasteiger charge is 2.12. The second-order valence-corrected chi connectivity index (χ2v) is 7.85. The molecule has 0 unspecified atom stereocenters. The lowest BCUT2D eigenvalue weighted by Crippen LogP contribution is -2.19. The predicted molar refractivity (Wildman–Crippen MR) is 110 cm³/mol. The number of unbranched alkanes of at least 4 members (excludes halogenated alkanes) is 1. The molecule has 140 valence electrons. The van der Waals surface area contributed by atoms with Gasteiger partial charge in [-0.15, -0.1) is 0 Å². The molecule has 1 aromatic rings. The monoisotopic (exact) mass is 365 g/mol. The maximum Gasteiger partial charge on any atom is 0.165 e. The van der Waals surface area contributed by atoms with Gasteiger partial charge in [0.2, 0.25) is 0 Å². The fraction of sp³-hybridized carbons (Fsp3) is 0.524. The minimum absolute atomic E-state index is 0.287. The minimum Gasteiger partial charge on any atom is -0.485 e. The first-order chi connectivity index (χ1) is 11.8. The number of benzene rings is 1. The number of ether oxygens (including phenoxy) is 1. The van der Waals surface area contributed by atoms with Crippen molar-refractivity contribution in [2.45, 2.75) is 47.5 Å². The van der Waals surface area contributed by atoms with Gasteiger partial charge in [0.15, 0.2) is 11.6 Å². The molecule has 0 aromatic heterocycles. The Morgan fingerprint density at radius 1 is 1.40 bits per heavy atom. The molecule has 0 atom stereocenters. The van der Waals surface area contributed by atoms with Gasteiger partial charge in [0.25, 0.3) is 0 Å². The zero-order valence-corrected chi connectivity index (χ0v) is 17.3. The molecule has 1 rings (SSSR count). The molecule has 0 bridgehead atoms. The number of rotatable bonds is 10. The Balaban J connectivity index is 2.75. The van der Waals surface area contributed by atoms with Gasteiger partial charge in [-0.05, 0) is 43.2 Å². The maximum atomic E-state index is 14.2. The van der Waals surface area contributed by atoms with Crippen molar-refractivity contribution >= 4 is 17.4 Å². The molecule has 0 N–H and O–H groups in total. The first kappa shape index (κ1) is 21.6. The van der Waals surface area contributed by atoms with Crippen molar-refractivity contribution in [3.8, 4) is 5.75 Å². The lowest BCUT2D eigenvalue weighted by molar-refractivity contribution is 0.339. The lowest BCUT2D eigenvalue weighted by atomic mass is 10.1. The first-order valence-corrected chi connectivity index (χ1v) is 9.79.